The van der Waals surface area contributed by atoms with Crippen LogP contribution in [0.15, 0.2) is 61.2 Å². The highest BCUT2D eigenvalue weighted by molar-refractivity contribution is 5.85. The molecular weight excluding hydrogens is 414 g/mol. The van der Waals surface area contributed by atoms with E-state index in [4.69, 9.17) is 0 Å². The van der Waals surface area contributed by atoms with Gasteiger partial charge in [0.15, 0.2) is 0 Å². The summed E-state index contributed by atoms with van der Waals surface area (Å²) < 4.78 is 1.69. The number of likely N-dealkylation sites (tertiary alicyclic amines) is 1. The van der Waals surface area contributed by atoms with Crippen LogP contribution in [0.3, 0.4) is 0 Å². The average molecular weight is 446 g/mol. The zero-order chi connectivity index (χ0) is 23.4. The molecule has 1 N–H and O–H groups in total. The lowest BCUT2D eigenvalue weighted by atomic mass is 9.79. The first-order valence-electron chi connectivity index (χ1n) is 11.4. The normalized spacial score (nSPS) is 18.8. The minimum atomic E-state index is -0.632. The molecule has 1 fully saturated rings. The van der Waals surface area contributed by atoms with Crippen LogP contribution in [0.2, 0.25) is 0 Å². The van der Waals surface area contributed by atoms with E-state index < -0.39 is 5.41 Å². The number of aryl methyl sites for hydroxylation is 1. The van der Waals surface area contributed by atoms with Gasteiger partial charge in [0.05, 0.1) is 11.5 Å². The van der Waals surface area contributed by atoms with Crippen molar-refractivity contribution >= 4 is 11.8 Å². The lowest BCUT2D eigenvalue weighted by Crippen LogP contribution is -2.44. The Kier molecular flexibility index (Phi) is 6.58. The molecule has 172 valence electrons. The minimum Gasteiger partial charge on any atom is -0.359 e. The molecule has 2 amide bonds. The highest BCUT2D eigenvalue weighted by Crippen LogP contribution is 2.36. The third kappa shape index (κ3) is 4.97. The van der Waals surface area contributed by atoms with Gasteiger partial charge in [0.25, 0.3) is 0 Å². The third-order valence-corrected chi connectivity index (χ3v) is 6.63. The molecule has 1 aliphatic rings. The lowest BCUT2D eigenvalue weighted by Gasteiger charge is -2.28. The van der Waals surface area contributed by atoms with E-state index in [-0.39, 0.29) is 17.9 Å². The number of nitrogens with one attached hydrogen (secondary N) is 1. The van der Waals surface area contributed by atoms with Crippen molar-refractivity contribution in [3.05, 3.63) is 72.3 Å². The van der Waals surface area contributed by atoms with Crippen molar-refractivity contribution in [2.75, 3.05) is 20.1 Å². The minimum absolute atomic E-state index is 0.0112. The number of carbonyl (C=O) groups excluding carboxylic acids is 2. The van der Waals surface area contributed by atoms with Crippen molar-refractivity contribution in [2.24, 2.45) is 5.41 Å². The average Bonchev–Trinajstić information content (AvgIpc) is 3.50. The lowest BCUT2D eigenvalue weighted by molar-refractivity contribution is -0.133. The maximum Gasteiger partial charge on any atom is 0.228 e. The first-order chi connectivity index (χ1) is 15.9. The molecule has 7 nitrogen and oxygen atoms in total. The molecular formula is C26H31N5O2. The van der Waals surface area contributed by atoms with Crippen LogP contribution in [-0.4, -0.2) is 51.6 Å². The van der Waals surface area contributed by atoms with E-state index in [9.17, 15) is 9.59 Å². The summed E-state index contributed by atoms with van der Waals surface area (Å²) in [5, 5.41) is 6.97. The number of amides is 2. The van der Waals surface area contributed by atoms with Gasteiger partial charge in [-0.25, -0.2) is 9.67 Å². The predicted molar refractivity (Wildman–Crippen MR) is 127 cm³/mol. The van der Waals surface area contributed by atoms with E-state index in [1.54, 1.807) is 18.1 Å². The molecule has 1 aliphatic heterocycles. The summed E-state index contributed by atoms with van der Waals surface area (Å²) in [7, 11) is 1.67. The zero-order valence-corrected chi connectivity index (χ0v) is 19.5. The Bertz CT molecular complexity index is 1110. The molecule has 2 aromatic carbocycles. The molecule has 0 aliphatic carbocycles. The molecule has 33 heavy (non-hydrogen) atoms. The smallest absolute Gasteiger partial charge is 0.228 e. The first kappa shape index (κ1) is 22.7. The van der Waals surface area contributed by atoms with Crippen LogP contribution in [0.5, 0.6) is 0 Å². The number of rotatable bonds is 7. The summed E-state index contributed by atoms with van der Waals surface area (Å²) >= 11 is 0. The molecule has 0 saturated carbocycles. The Morgan fingerprint density at radius 1 is 1.15 bits per heavy atom. The van der Waals surface area contributed by atoms with Gasteiger partial charge >= 0.3 is 0 Å². The SMILES string of the molecule is CNC(=O)[C@]1(Cc2cccc(-c3ccc(C)cc3)c2)CCN(C(=O)C[C@@H](C)n2cncn2)C1. The number of hydrogen-bond acceptors (Lipinski definition) is 4. The van der Waals surface area contributed by atoms with Gasteiger partial charge in [0, 0.05) is 26.6 Å². The molecule has 1 aromatic heterocycles. The van der Waals surface area contributed by atoms with Crippen molar-refractivity contribution in [3.63, 3.8) is 0 Å². The molecule has 0 unspecified atom stereocenters. The van der Waals surface area contributed by atoms with Gasteiger partial charge in [-0.2, -0.15) is 5.10 Å². The summed E-state index contributed by atoms with van der Waals surface area (Å²) in [5.74, 6) is 0.0278. The second kappa shape index (κ2) is 9.57. The van der Waals surface area contributed by atoms with Crippen molar-refractivity contribution in [2.45, 2.75) is 39.2 Å². The Morgan fingerprint density at radius 2 is 1.94 bits per heavy atom. The highest BCUT2D eigenvalue weighted by atomic mass is 16.2. The van der Waals surface area contributed by atoms with Gasteiger partial charge in [-0.3, -0.25) is 9.59 Å². The van der Waals surface area contributed by atoms with Gasteiger partial charge in [-0.05, 0) is 43.4 Å². The van der Waals surface area contributed by atoms with Gasteiger partial charge < -0.3 is 10.2 Å². The summed E-state index contributed by atoms with van der Waals surface area (Å²) in [4.78, 5) is 31.8. The monoisotopic (exact) mass is 445 g/mol. The summed E-state index contributed by atoms with van der Waals surface area (Å²) in [6, 6.07) is 16.7. The number of benzene rings is 2. The maximum atomic E-state index is 13.0. The summed E-state index contributed by atoms with van der Waals surface area (Å²) in [6.45, 7) is 5.02. The highest BCUT2D eigenvalue weighted by Gasteiger charge is 2.45. The maximum absolute atomic E-state index is 13.0. The zero-order valence-electron chi connectivity index (χ0n) is 19.5. The predicted octanol–water partition coefficient (Wildman–Crippen LogP) is 3.41. The van der Waals surface area contributed by atoms with Crippen LogP contribution < -0.4 is 5.32 Å². The Hall–Kier alpha value is -3.48. The molecule has 2 heterocycles. The fourth-order valence-corrected chi connectivity index (χ4v) is 4.68. The van der Waals surface area contributed by atoms with E-state index in [1.807, 2.05) is 17.9 Å². The van der Waals surface area contributed by atoms with E-state index >= 15 is 0 Å². The van der Waals surface area contributed by atoms with E-state index in [0.717, 1.165) is 16.7 Å². The standard InChI is InChI=1S/C26H31N5O2/c1-19-7-9-22(10-8-19)23-6-4-5-21(14-23)15-26(25(33)27-3)11-12-30(16-26)24(32)13-20(2)31-18-28-17-29-31/h4-10,14,17-18,20H,11-13,15-16H2,1-3H3,(H,27,33)/t20-,26+/m1/s1. The van der Waals surface area contributed by atoms with E-state index in [1.165, 1.54) is 11.9 Å². The van der Waals surface area contributed by atoms with Crippen LogP contribution in [-0.2, 0) is 16.0 Å². The Labute approximate surface area is 194 Å². The van der Waals surface area contributed by atoms with E-state index in [0.29, 0.717) is 32.4 Å². The molecule has 0 radical (unpaired) electrons. The topological polar surface area (TPSA) is 80.1 Å². The molecule has 0 bridgehead atoms. The van der Waals surface area contributed by atoms with Crippen LogP contribution in [0.4, 0.5) is 0 Å². The van der Waals surface area contributed by atoms with Crippen molar-refractivity contribution in [3.8, 4) is 11.1 Å². The quantitative estimate of drug-likeness (QED) is 0.604. The largest absolute Gasteiger partial charge is 0.359 e. The van der Waals surface area contributed by atoms with Gasteiger partial charge in [-0.15, -0.1) is 0 Å². The summed E-state index contributed by atoms with van der Waals surface area (Å²) in [6.07, 6.45) is 4.66. The molecule has 1 saturated heterocycles. The number of hydrogen-bond donors (Lipinski definition) is 1. The first-order valence-corrected chi connectivity index (χ1v) is 11.4. The number of nitrogens with zero attached hydrogens (tertiary/aromatic N) is 4. The fraction of sp³-hybridized carbons (Fsp3) is 0.385. The van der Waals surface area contributed by atoms with Crippen LogP contribution in [0.1, 0.15) is 36.9 Å². The fourth-order valence-electron chi connectivity index (χ4n) is 4.68. The van der Waals surface area contributed by atoms with Gasteiger partial charge in [0.2, 0.25) is 11.8 Å². The number of aromatic nitrogens is 3. The van der Waals surface area contributed by atoms with Crippen molar-refractivity contribution in [1.29, 1.82) is 0 Å². The van der Waals surface area contributed by atoms with Crippen LogP contribution in [0, 0.1) is 12.3 Å². The van der Waals surface area contributed by atoms with Gasteiger partial charge in [0.1, 0.15) is 12.7 Å². The molecule has 0 spiro atoms. The summed E-state index contributed by atoms with van der Waals surface area (Å²) in [5.41, 5.74) is 3.98. The molecule has 7 heteroatoms. The molecule has 3 aromatic rings. The second-order valence-electron chi connectivity index (χ2n) is 9.10. The Morgan fingerprint density at radius 3 is 2.64 bits per heavy atom. The second-order valence-corrected chi connectivity index (χ2v) is 9.10. The van der Waals surface area contributed by atoms with Crippen LogP contribution in [0.25, 0.3) is 11.1 Å². The van der Waals surface area contributed by atoms with E-state index in [2.05, 4.69) is 64.8 Å². The van der Waals surface area contributed by atoms with Crippen LogP contribution >= 0.6 is 0 Å². The molecule has 2 atom stereocenters. The Balaban J connectivity index is 1.50. The third-order valence-electron chi connectivity index (χ3n) is 6.63. The van der Waals surface area contributed by atoms with Crippen molar-refractivity contribution < 1.29 is 9.59 Å². The number of carbonyl (C=O) groups is 2. The molecule has 4 rings (SSSR count). The van der Waals surface area contributed by atoms with Crippen molar-refractivity contribution in [1.82, 2.24) is 25.0 Å². The van der Waals surface area contributed by atoms with Gasteiger partial charge in [-0.1, -0.05) is 54.1 Å².